The Morgan fingerprint density at radius 1 is 1.31 bits per heavy atom. The number of carbonyl (C=O) groups is 1. The molecule has 1 radical (unpaired) electrons. The first-order valence-electron chi connectivity index (χ1n) is 3.69. The molecule has 0 unspecified atom stereocenters. The van der Waals surface area contributed by atoms with E-state index in [-0.39, 0.29) is 0 Å². The van der Waals surface area contributed by atoms with E-state index in [1.807, 2.05) is 0 Å². The van der Waals surface area contributed by atoms with E-state index in [1.165, 1.54) is 0 Å². The molecule has 0 rings (SSSR count). The molecule has 0 saturated carbocycles. The molecule has 4 N–H and O–H groups in total. The second-order valence-corrected chi connectivity index (χ2v) is 3.11. The number of hydrogen-bond acceptors (Lipinski definition) is 5. The van der Waals surface area contributed by atoms with Crippen molar-refractivity contribution in [1.82, 2.24) is 0 Å². The fraction of sp³-hybridized carbons (Fsp3) is 0.857. The van der Waals surface area contributed by atoms with E-state index in [2.05, 4.69) is 0 Å². The van der Waals surface area contributed by atoms with Gasteiger partial charge in [0, 0.05) is 0 Å². The van der Waals surface area contributed by atoms with Crippen LogP contribution in [-0.2, 0) is 9.90 Å². The number of rotatable bonds is 4. The summed E-state index contributed by atoms with van der Waals surface area (Å²) in [5.74, 6) is -1.92. The SMILES string of the molecule is C[C@@H](O)[C@@H](O)[C@H](O)[C@@](C)(O)C([O])=O. The van der Waals surface area contributed by atoms with Gasteiger partial charge >= 0.3 is 5.97 Å². The Morgan fingerprint density at radius 3 is 1.92 bits per heavy atom. The molecule has 0 bridgehead atoms. The van der Waals surface area contributed by atoms with Gasteiger partial charge in [0.05, 0.1) is 6.10 Å². The third-order valence-electron chi connectivity index (χ3n) is 1.81. The molecule has 0 fully saturated rings. The van der Waals surface area contributed by atoms with Crippen molar-refractivity contribution >= 4 is 5.97 Å². The standard InChI is InChI=1S/C7H13O6/c1-3(8)4(9)5(10)7(2,13)6(11)12/h3-5,8-10,13H,1-2H3/t3-,4-,5+,7-/m1/s1. The lowest BCUT2D eigenvalue weighted by atomic mass is 9.92. The van der Waals surface area contributed by atoms with E-state index >= 15 is 0 Å². The van der Waals surface area contributed by atoms with Crippen LogP contribution in [0.3, 0.4) is 0 Å². The Bertz CT molecular complexity index is 187. The van der Waals surface area contributed by atoms with Crippen LogP contribution in [0.25, 0.3) is 0 Å². The van der Waals surface area contributed by atoms with Gasteiger partial charge in [-0.2, -0.15) is 0 Å². The molecule has 0 aromatic heterocycles. The average molecular weight is 193 g/mol. The third-order valence-corrected chi connectivity index (χ3v) is 1.81. The molecule has 0 saturated heterocycles. The summed E-state index contributed by atoms with van der Waals surface area (Å²) in [7, 11) is 0. The van der Waals surface area contributed by atoms with Gasteiger partial charge in [0.1, 0.15) is 12.2 Å². The quantitative estimate of drug-likeness (QED) is 0.404. The van der Waals surface area contributed by atoms with Crippen molar-refractivity contribution in [3.8, 4) is 0 Å². The molecular weight excluding hydrogens is 180 g/mol. The molecule has 77 valence electrons. The highest BCUT2D eigenvalue weighted by Crippen LogP contribution is 2.15. The lowest BCUT2D eigenvalue weighted by molar-refractivity contribution is -0.189. The predicted octanol–water partition coefficient (Wildman–Crippen LogP) is -2.20. The predicted molar refractivity (Wildman–Crippen MR) is 40.0 cm³/mol. The number of carbonyl (C=O) groups excluding carboxylic acids is 1. The van der Waals surface area contributed by atoms with Crippen LogP contribution in [0.5, 0.6) is 0 Å². The summed E-state index contributed by atoms with van der Waals surface area (Å²) in [4.78, 5) is 10.3. The summed E-state index contributed by atoms with van der Waals surface area (Å²) in [5, 5.41) is 46.3. The summed E-state index contributed by atoms with van der Waals surface area (Å²) in [6.45, 7) is 1.93. The number of aliphatic hydroxyl groups excluding tert-OH is 3. The molecule has 0 aromatic carbocycles. The molecule has 0 aromatic rings. The normalized spacial score (nSPS) is 22.9. The van der Waals surface area contributed by atoms with Crippen molar-refractivity contribution in [2.75, 3.05) is 0 Å². The van der Waals surface area contributed by atoms with Crippen molar-refractivity contribution in [3.63, 3.8) is 0 Å². The molecule has 6 nitrogen and oxygen atoms in total. The van der Waals surface area contributed by atoms with Gasteiger partial charge in [-0.15, -0.1) is 0 Å². The van der Waals surface area contributed by atoms with Crippen molar-refractivity contribution in [2.45, 2.75) is 37.8 Å². The third kappa shape index (κ3) is 2.63. The van der Waals surface area contributed by atoms with Gasteiger partial charge in [-0.1, -0.05) is 0 Å². The highest BCUT2D eigenvalue weighted by Gasteiger charge is 2.45. The second kappa shape index (κ2) is 4.01. The first kappa shape index (κ1) is 12.3. The minimum Gasteiger partial charge on any atom is -0.391 e. The van der Waals surface area contributed by atoms with Crippen LogP contribution in [0.1, 0.15) is 13.8 Å². The monoisotopic (exact) mass is 193 g/mol. The van der Waals surface area contributed by atoms with Crippen LogP contribution in [-0.4, -0.2) is 50.3 Å². The molecular formula is C7H13O6. The Balaban J connectivity index is 4.58. The van der Waals surface area contributed by atoms with Crippen molar-refractivity contribution in [1.29, 1.82) is 0 Å². The summed E-state index contributed by atoms with van der Waals surface area (Å²) >= 11 is 0. The van der Waals surface area contributed by atoms with E-state index in [0.29, 0.717) is 0 Å². The fourth-order valence-corrected chi connectivity index (χ4v) is 0.717. The van der Waals surface area contributed by atoms with E-state index < -0.39 is 29.9 Å². The zero-order chi connectivity index (χ0) is 10.8. The highest BCUT2D eigenvalue weighted by molar-refractivity contribution is 5.77. The Hall–Kier alpha value is -0.690. The van der Waals surface area contributed by atoms with Crippen LogP contribution in [0.4, 0.5) is 0 Å². The Kier molecular flexibility index (Phi) is 3.80. The van der Waals surface area contributed by atoms with Gasteiger partial charge in [0.15, 0.2) is 5.60 Å². The number of hydrogen-bond donors (Lipinski definition) is 4. The van der Waals surface area contributed by atoms with Crippen LogP contribution in [0, 0.1) is 0 Å². The van der Waals surface area contributed by atoms with Crippen molar-refractivity contribution in [3.05, 3.63) is 0 Å². The largest absolute Gasteiger partial charge is 0.391 e. The van der Waals surface area contributed by atoms with Crippen molar-refractivity contribution < 1.29 is 30.3 Å². The molecule has 0 aliphatic carbocycles. The second-order valence-electron chi connectivity index (χ2n) is 3.11. The molecule has 0 heterocycles. The van der Waals surface area contributed by atoms with E-state index in [4.69, 9.17) is 20.4 Å². The summed E-state index contributed by atoms with van der Waals surface area (Å²) in [6, 6.07) is 0. The van der Waals surface area contributed by atoms with E-state index in [9.17, 15) is 9.90 Å². The fourth-order valence-electron chi connectivity index (χ4n) is 0.717. The lowest BCUT2D eigenvalue weighted by Gasteiger charge is -2.28. The molecule has 13 heavy (non-hydrogen) atoms. The molecule has 4 atom stereocenters. The first-order valence-corrected chi connectivity index (χ1v) is 3.69. The molecule has 6 heteroatoms. The van der Waals surface area contributed by atoms with Gasteiger partial charge in [-0.05, 0) is 13.8 Å². The molecule has 0 aliphatic heterocycles. The minimum absolute atomic E-state index is 0.776. The minimum atomic E-state index is -2.59. The summed E-state index contributed by atoms with van der Waals surface area (Å²) < 4.78 is 0. The van der Waals surface area contributed by atoms with Gasteiger partial charge in [-0.3, -0.25) is 0 Å². The maximum Gasteiger partial charge on any atom is 0.389 e. The van der Waals surface area contributed by atoms with E-state index in [0.717, 1.165) is 13.8 Å². The molecule has 0 spiro atoms. The zero-order valence-corrected chi connectivity index (χ0v) is 7.34. The van der Waals surface area contributed by atoms with Gasteiger partial charge in [0.2, 0.25) is 0 Å². The van der Waals surface area contributed by atoms with Crippen LogP contribution in [0.15, 0.2) is 0 Å². The smallest absolute Gasteiger partial charge is 0.389 e. The topological polar surface area (TPSA) is 118 Å². The first-order chi connectivity index (χ1) is 5.71. The number of aliphatic hydroxyl groups is 4. The van der Waals surface area contributed by atoms with Gasteiger partial charge in [-0.25, -0.2) is 9.90 Å². The van der Waals surface area contributed by atoms with Crippen LogP contribution < -0.4 is 0 Å². The highest BCUT2D eigenvalue weighted by atomic mass is 16.4. The van der Waals surface area contributed by atoms with Crippen molar-refractivity contribution in [2.24, 2.45) is 0 Å². The van der Waals surface area contributed by atoms with Gasteiger partial charge < -0.3 is 20.4 Å². The zero-order valence-electron chi connectivity index (χ0n) is 7.34. The maximum atomic E-state index is 10.3. The van der Waals surface area contributed by atoms with Crippen LogP contribution >= 0.6 is 0 Å². The lowest BCUT2D eigenvalue weighted by Crippen LogP contribution is -2.54. The Morgan fingerprint density at radius 2 is 1.69 bits per heavy atom. The van der Waals surface area contributed by atoms with Gasteiger partial charge in [0.25, 0.3) is 0 Å². The maximum absolute atomic E-state index is 10.3. The summed E-state index contributed by atoms with van der Waals surface area (Å²) in [5.41, 5.74) is -2.59. The molecule has 0 aliphatic rings. The van der Waals surface area contributed by atoms with Crippen LogP contribution in [0.2, 0.25) is 0 Å². The Labute approximate surface area is 75.1 Å². The summed E-state index contributed by atoms with van der Waals surface area (Å²) in [6.07, 6.45) is -5.09. The average Bonchev–Trinajstić information content (AvgIpc) is 2.01. The van der Waals surface area contributed by atoms with E-state index in [1.54, 1.807) is 0 Å². The molecule has 0 amide bonds.